The van der Waals surface area contributed by atoms with Gasteiger partial charge in [0.15, 0.2) is 17.5 Å². The monoisotopic (exact) mass is 737 g/mol. The summed E-state index contributed by atoms with van der Waals surface area (Å²) < 4.78 is 0. The van der Waals surface area contributed by atoms with E-state index in [-0.39, 0.29) is 0 Å². The van der Waals surface area contributed by atoms with E-state index in [1.54, 1.807) is 0 Å². The molecule has 0 bridgehead atoms. The van der Waals surface area contributed by atoms with Crippen molar-refractivity contribution < 1.29 is 0 Å². The topological polar surface area (TPSA) is 38.7 Å². The molecule has 0 amide bonds. The fourth-order valence-electron chi connectivity index (χ4n) is 8.47. The van der Waals surface area contributed by atoms with E-state index in [0.717, 1.165) is 54.9 Å². The zero-order valence-corrected chi connectivity index (χ0v) is 31.5. The van der Waals surface area contributed by atoms with E-state index >= 15 is 0 Å². The van der Waals surface area contributed by atoms with Crippen LogP contribution in [-0.2, 0) is 0 Å². The Morgan fingerprint density at radius 2 is 0.655 bits per heavy atom. The summed E-state index contributed by atoms with van der Waals surface area (Å²) in [6.07, 6.45) is 0. The SMILES string of the molecule is c1ccc(-c2cccc3cccc(-c4nc(-c5cccc(-c6cccc7ccccc67)c5)nc(-c5ccc6cc(-c7cccc8ccccc78)ccc6c5)n4)c23)cc1. The molecule has 0 saturated carbocycles. The van der Waals surface area contributed by atoms with Gasteiger partial charge in [0.1, 0.15) is 0 Å². The molecule has 10 aromatic carbocycles. The molecule has 3 nitrogen and oxygen atoms in total. The Kier molecular flexibility index (Phi) is 8.15. The molecule has 0 aliphatic heterocycles. The van der Waals surface area contributed by atoms with Crippen LogP contribution in [0.5, 0.6) is 0 Å². The fourth-order valence-corrected chi connectivity index (χ4v) is 8.47. The lowest BCUT2D eigenvalue weighted by molar-refractivity contribution is 1.08. The van der Waals surface area contributed by atoms with Crippen molar-refractivity contribution in [3.63, 3.8) is 0 Å². The minimum atomic E-state index is 0.627. The highest BCUT2D eigenvalue weighted by Crippen LogP contribution is 2.38. The Labute approximate surface area is 336 Å². The van der Waals surface area contributed by atoms with Crippen molar-refractivity contribution in [2.75, 3.05) is 0 Å². The first kappa shape index (κ1) is 33.6. The van der Waals surface area contributed by atoms with Crippen LogP contribution < -0.4 is 0 Å². The summed E-state index contributed by atoms with van der Waals surface area (Å²) >= 11 is 0. The zero-order valence-electron chi connectivity index (χ0n) is 31.5. The molecule has 0 saturated heterocycles. The number of nitrogens with zero attached hydrogens (tertiary/aromatic N) is 3. The first-order valence-electron chi connectivity index (χ1n) is 19.7. The van der Waals surface area contributed by atoms with E-state index in [0.29, 0.717) is 17.5 Å². The van der Waals surface area contributed by atoms with Gasteiger partial charge in [0.05, 0.1) is 0 Å². The van der Waals surface area contributed by atoms with Crippen molar-refractivity contribution in [1.29, 1.82) is 0 Å². The van der Waals surface area contributed by atoms with Gasteiger partial charge in [-0.15, -0.1) is 0 Å². The van der Waals surface area contributed by atoms with Crippen LogP contribution in [0.1, 0.15) is 0 Å². The van der Waals surface area contributed by atoms with Gasteiger partial charge < -0.3 is 0 Å². The smallest absolute Gasteiger partial charge is 0.164 e. The van der Waals surface area contributed by atoms with Gasteiger partial charge in [-0.1, -0.05) is 194 Å². The van der Waals surface area contributed by atoms with Gasteiger partial charge >= 0.3 is 0 Å². The molecule has 0 N–H and O–H groups in total. The molecular formula is C55H35N3. The largest absolute Gasteiger partial charge is 0.208 e. The highest BCUT2D eigenvalue weighted by atomic mass is 15.0. The van der Waals surface area contributed by atoms with E-state index in [1.807, 2.05) is 0 Å². The van der Waals surface area contributed by atoms with Gasteiger partial charge in [0.2, 0.25) is 0 Å². The molecule has 0 unspecified atom stereocenters. The Bertz CT molecular complexity index is 3330. The predicted molar refractivity (Wildman–Crippen MR) is 242 cm³/mol. The number of benzene rings is 10. The predicted octanol–water partition coefficient (Wildman–Crippen LogP) is 14.5. The minimum Gasteiger partial charge on any atom is -0.208 e. The Morgan fingerprint density at radius 1 is 0.224 bits per heavy atom. The zero-order chi connectivity index (χ0) is 38.4. The highest BCUT2D eigenvalue weighted by Gasteiger charge is 2.18. The van der Waals surface area contributed by atoms with Crippen molar-refractivity contribution in [1.82, 2.24) is 15.0 Å². The third kappa shape index (κ3) is 5.98. The van der Waals surface area contributed by atoms with Crippen LogP contribution in [0.3, 0.4) is 0 Å². The van der Waals surface area contributed by atoms with Crippen molar-refractivity contribution in [2.24, 2.45) is 0 Å². The van der Waals surface area contributed by atoms with Crippen LogP contribution in [0.25, 0.3) is 111 Å². The summed E-state index contributed by atoms with van der Waals surface area (Å²) in [7, 11) is 0. The van der Waals surface area contributed by atoms with E-state index in [1.165, 1.54) is 38.2 Å². The molecule has 3 heteroatoms. The summed E-state index contributed by atoms with van der Waals surface area (Å²) in [4.78, 5) is 15.8. The van der Waals surface area contributed by atoms with Gasteiger partial charge in [0, 0.05) is 22.1 Å². The summed E-state index contributed by atoms with van der Waals surface area (Å²) in [6, 6.07) is 75.4. The summed E-state index contributed by atoms with van der Waals surface area (Å²) in [6.45, 7) is 0. The molecule has 58 heavy (non-hydrogen) atoms. The van der Waals surface area contributed by atoms with Gasteiger partial charge in [-0.2, -0.15) is 0 Å². The number of aromatic nitrogens is 3. The summed E-state index contributed by atoms with van der Waals surface area (Å²) in [5.41, 5.74) is 9.83. The Morgan fingerprint density at radius 3 is 1.33 bits per heavy atom. The molecule has 11 aromatic rings. The second-order valence-corrected chi connectivity index (χ2v) is 14.8. The molecule has 0 aliphatic carbocycles. The first-order chi connectivity index (χ1) is 28.7. The second-order valence-electron chi connectivity index (χ2n) is 14.8. The number of rotatable bonds is 6. The molecule has 270 valence electrons. The van der Waals surface area contributed by atoms with Crippen LogP contribution in [0, 0.1) is 0 Å². The summed E-state index contributed by atoms with van der Waals surface area (Å²) in [5, 5.41) is 9.44. The van der Waals surface area contributed by atoms with Crippen molar-refractivity contribution in [3.05, 3.63) is 212 Å². The van der Waals surface area contributed by atoms with Crippen LogP contribution in [0.15, 0.2) is 212 Å². The average molecular weight is 738 g/mol. The lowest BCUT2D eigenvalue weighted by atomic mass is 9.94. The molecule has 0 radical (unpaired) electrons. The van der Waals surface area contributed by atoms with Crippen molar-refractivity contribution in [2.45, 2.75) is 0 Å². The Balaban J connectivity index is 1.09. The third-order valence-corrected chi connectivity index (χ3v) is 11.3. The van der Waals surface area contributed by atoms with Gasteiger partial charge in [-0.3, -0.25) is 0 Å². The van der Waals surface area contributed by atoms with Crippen molar-refractivity contribution in [3.8, 4) is 67.5 Å². The molecular weight excluding hydrogens is 703 g/mol. The average Bonchev–Trinajstić information content (AvgIpc) is 3.30. The lowest BCUT2D eigenvalue weighted by Gasteiger charge is -2.14. The molecule has 0 spiro atoms. The fraction of sp³-hybridized carbons (Fsp3) is 0. The Hall–Kier alpha value is -7.75. The van der Waals surface area contributed by atoms with E-state index in [4.69, 9.17) is 15.0 Å². The van der Waals surface area contributed by atoms with Crippen LogP contribution in [0.4, 0.5) is 0 Å². The minimum absolute atomic E-state index is 0.627. The van der Waals surface area contributed by atoms with Gasteiger partial charge in [-0.25, -0.2) is 15.0 Å². The second kappa shape index (κ2) is 14.1. The van der Waals surface area contributed by atoms with Crippen molar-refractivity contribution >= 4 is 43.1 Å². The normalized spacial score (nSPS) is 11.4. The number of fused-ring (bicyclic) bond motifs is 4. The van der Waals surface area contributed by atoms with Crippen LogP contribution in [0.2, 0.25) is 0 Å². The molecule has 0 aliphatic rings. The molecule has 0 atom stereocenters. The maximum absolute atomic E-state index is 5.29. The van der Waals surface area contributed by atoms with Crippen LogP contribution >= 0.6 is 0 Å². The van der Waals surface area contributed by atoms with Crippen LogP contribution in [-0.4, -0.2) is 15.0 Å². The van der Waals surface area contributed by atoms with E-state index in [2.05, 4.69) is 212 Å². The van der Waals surface area contributed by atoms with E-state index in [9.17, 15) is 0 Å². The molecule has 1 aromatic heterocycles. The quantitative estimate of drug-likeness (QED) is 0.171. The van der Waals surface area contributed by atoms with Gasteiger partial charge in [-0.05, 0) is 89.3 Å². The van der Waals surface area contributed by atoms with E-state index < -0.39 is 0 Å². The lowest BCUT2D eigenvalue weighted by Crippen LogP contribution is -2.01. The molecule has 0 fully saturated rings. The first-order valence-corrected chi connectivity index (χ1v) is 19.7. The number of hydrogen-bond donors (Lipinski definition) is 0. The number of hydrogen-bond acceptors (Lipinski definition) is 3. The molecule has 1 heterocycles. The third-order valence-electron chi connectivity index (χ3n) is 11.3. The van der Waals surface area contributed by atoms with Gasteiger partial charge in [0.25, 0.3) is 0 Å². The standard InChI is InChI=1S/C55H35N3/c1-2-13-38(14-3-1)50-27-11-19-39-20-12-28-51(52(39)50)55-57-53(44-22-8-21-42(35-44)48-25-9-17-36-15-4-6-23-46(36)48)56-54(58-55)45-32-30-40-33-43(31-29-41(40)34-45)49-26-10-18-37-16-5-7-24-47(37)49/h1-35H. The summed E-state index contributed by atoms with van der Waals surface area (Å²) in [5.74, 6) is 1.89. The maximum atomic E-state index is 5.29. The highest BCUT2D eigenvalue weighted by molar-refractivity contribution is 6.06. The maximum Gasteiger partial charge on any atom is 0.164 e. The molecule has 11 rings (SSSR count).